The average molecular weight is 415 g/mol. The molecule has 0 saturated heterocycles. The Bertz CT molecular complexity index is 1100. The van der Waals surface area contributed by atoms with Crippen molar-refractivity contribution in [1.82, 2.24) is 19.8 Å². The number of aryl methyl sites for hydroxylation is 1. The average Bonchev–Trinajstić information content (AvgIpc) is 3.04. The zero-order valence-corrected chi connectivity index (χ0v) is 14.6. The highest BCUT2D eigenvalue weighted by Gasteiger charge is 2.18. The number of rotatable bonds is 4. The van der Waals surface area contributed by atoms with Gasteiger partial charge >= 0.3 is 5.76 Å². The van der Waals surface area contributed by atoms with Crippen molar-refractivity contribution in [3.05, 3.63) is 51.2 Å². The fraction of sp³-hybridized carbons (Fsp3) is 0.0769. The maximum Gasteiger partial charge on any atom is 0.417 e. The zero-order chi connectivity index (χ0) is 17.5. The first-order valence-corrected chi connectivity index (χ1v) is 8.81. The van der Waals surface area contributed by atoms with Crippen LogP contribution < -0.4 is 16.0 Å². The minimum absolute atomic E-state index is 0.0977. The fourth-order valence-corrected chi connectivity index (χ4v) is 3.46. The van der Waals surface area contributed by atoms with Gasteiger partial charge in [0.25, 0.3) is 15.9 Å². The fourth-order valence-electron chi connectivity index (χ4n) is 2.08. The van der Waals surface area contributed by atoms with E-state index < -0.39 is 21.7 Å². The molecule has 0 radical (unpaired) electrons. The topological polar surface area (TPSA) is 126 Å². The van der Waals surface area contributed by atoms with Gasteiger partial charge in [-0.3, -0.25) is 15.2 Å². The molecular formula is C13H11BrN4O5S. The number of carbonyl (C=O) groups excluding carboxylic acids is 1. The molecule has 11 heteroatoms. The number of hydrogen-bond acceptors (Lipinski definition) is 5. The summed E-state index contributed by atoms with van der Waals surface area (Å²) >= 11 is 3.23. The van der Waals surface area contributed by atoms with Gasteiger partial charge in [-0.2, -0.15) is 0 Å². The molecule has 0 spiro atoms. The Labute approximate surface area is 143 Å². The molecule has 2 aromatic heterocycles. The van der Waals surface area contributed by atoms with E-state index in [1.54, 1.807) is 19.3 Å². The Morgan fingerprint density at radius 1 is 1.33 bits per heavy atom. The lowest BCUT2D eigenvalue weighted by atomic mass is 10.3. The van der Waals surface area contributed by atoms with Crippen molar-refractivity contribution in [2.75, 3.05) is 0 Å². The van der Waals surface area contributed by atoms with Gasteiger partial charge in [0.2, 0.25) is 0 Å². The molecule has 0 aliphatic rings. The quantitative estimate of drug-likeness (QED) is 0.545. The largest absolute Gasteiger partial charge is 0.417 e. The van der Waals surface area contributed by atoms with Crippen LogP contribution in [0.2, 0.25) is 0 Å². The predicted molar refractivity (Wildman–Crippen MR) is 87.7 cm³/mol. The van der Waals surface area contributed by atoms with Crippen LogP contribution in [-0.4, -0.2) is 23.9 Å². The van der Waals surface area contributed by atoms with Gasteiger partial charge in [-0.1, -0.05) is 0 Å². The number of amides is 1. The highest BCUT2D eigenvalue weighted by molar-refractivity contribution is 9.10. The third kappa shape index (κ3) is 3.13. The van der Waals surface area contributed by atoms with Gasteiger partial charge < -0.3 is 8.98 Å². The number of fused-ring (bicyclic) bond motifs is 1. The molecule has 0 aliphatic carbocycles. The minimum Gasteiger partial charge on any atom is -0.408 e. The number of aromatic nitrogens is 2. The number of oxazole rings is 1. The van der Waals surface area contributed by atoms with Crippen LogP contribution >= 0.6 is 15.9 Å². The van der Waals surface area contributed by atoms with Gasteiger partial charge in [0.05, 0.1) is 10.4 Å². The van der Waals surface area contributed by atoms with E-state index in [0.717, 1.165) is 0 Å². The van der Waals surface area contributed by atoms with E-state index in [2.05, 4.69) is 26.3 Å². The van der Waals surface area contributed by atoms with Crippen LogP contribution in [-0.2, 0) is 17.1 Å². The molecule has 3 aromatic rings. The van der Waals surface area contributed by atoms with E-state index in [1.165, 1.54) is 22.8 Å². The summed E-state index contributed by atoms with van der Waals surface area (Å²) in [5.41, 5.74) is 2.86. The number of nitrogens with one attached hydrogen (secondary N) is 3. The number of H-pyrrole nitrogens is 1. The van der Waals surface area contributed by atoms with Gasteiger partial charge in [0.15, 0.2) is 5.58 Å². The molecule has 3 N–H and O–H groups in total. The zero-order valence-electron chi connectivity index (χ0n) is 12.2. The number of benzene rings is 1. The number of hydrogen-bond donors (Lipinski definition) is 3. The van der Waals surface area contributed by atoms with Gasteiger partial charge in [0.1, 0.15) is 5.69 Å². The number of nitrogens with zero attached hydrogens (tertiary/aromatic N) is 1. The van der Waals surface area contributed by atoms with Crippen molar-refractivity contribution < 1.29 is 17.6 Å². The van der Waals surface area contributed by atoms with Crippen LogP contribution in [0.25, 0.3) is 11.1 Å². The smallest absolute Gasteiger partial charge is 0.408 e. The molecule has 0 atom stereocenters. The second-order valence-electron chi connectivity index (χ2n) is 4.89. The first-order valence-electron chi connectivity index (χ1n) is 6.53. The third-order valence-corrected chi connectivity index (χ3v) is 4.88. The lowest BCUT2D eigenvalue weighted by molar-refractivity contribution is 0.0937. The van der Waals surface area contributed by atoms with Crippen molar-refractivity contribution in [3.63, 3.8) is 0 Å². The lowest BCUT2D eigenvalue weighted by Crippen LogP contribution is -2.42. The third-order valence-electron chi connectivity index (χ3n) is 3.21. The molecule has 0 aliphatic heterocycles. The van der Waals surface area contributed by atoms with Gasteiger partial charge in [-0.25, -0.2) is 13.2 Å². The molecule has 126 valence electrons. The maximum absolute atomic E-state index is 12.2. The molecule has 0 fully saturated rings. The summed E-state index contributed by atoms with van der Waals surface area (Å²) in [6, 6.07) is 5.40. The number of hydrazine groups is 1. The second-order valence-corrected chi connectivity index (χ2v) is 7.48. The van der Waals surface area contributed by atoms with E-state index in [9.17, 15) is 18.0 Å². The van der Waals surface area contributed by atoms with Crippen LogP contribution in [0.15, 0.2) is 49.0 Å². The Balaban J connectivity index is 1.81. The summed E-state index contributed by atoms with van der Waals surface area (Å²) in [5, 5.41) is 0. The van der Waals surface area contributed by atoms with Crippen molar-refractivity contribution >= 4 is 43.0 Å². The second kappa shape index (κ2) is 5.92. The van der Waals surface area contributed by atoms with E-state index in [-0.39, 0.29) is 16.2 Å². The van der Waals surface area contributed by atoms with Crippen LogP contribution in [0.3, 0.4) is 0 Å². The van der Waals surface area contributed by atoms with Crippen molar-refractivity contribution in [2.24, 2.45) is 7.05 Å². The number of sulfonamides is 1. The number of halogens is 1. The monoisotopic (exact) mass is 414 g/mol. The summed E-state index contributed by atoms with van der Waals surface area (Å²) in [5.74, 6) is -1.31. The van der Waals surface area contributed by atoms with Gasteiger partial charge in [-0.15, -0.1) is 4.83 Å². The molecule has 9 nitrogen and oxygen atoms in total. The first-order chi connectivity index (χ1) is 11.3. The van der Waals surface area contributed by atoms with Crippen LogP contribution in [0.5, 0.6) is 0 Å². The molecule has 2 heterocycles. The number of aromatic amines is 1. The molecule has 24 heavy (non-hydrogen) atoms. The highest BCUT2D eigenvalue weighted by Crippen LogP contribution is 2.16. The van der Waals surface area contributed by atoms with E-state index >= 15 is 0 Å². The normalized spacial score (nSPS) is 11.8. The van der Waals surface area contributed by atoms with Gasteiger partial charge in [-0.05, 0) is 34.1 Å². The minimum atomic E-state index is -4.03. The standard InChI is InChI=1S/C13H11BrN4O5S/c1-18-6-7(14)4-10(18)12(19)16-17-24(21,22)8-2-3-9-11(5-8)23-13(20)15-9/h2-6,17H,1H3,(H,15,20)(H,16,19). The van der Waals surface area contributed by atoms with Crippen molar-refractivity contribution in [1.29, 1.82) is 0 Å². The Kier molecular flexibility index (Phi) is 4.07. The van der Waals surface area contributed by atoms with E-state index in [0.29, 0.717) is 9.99 Å². The Morgan fingerprint density at radius 3 is 2.75 bits per heavy atom. The Hall–Kier alpha value is -2.37. The van der Waals surface area contributed by atoms with Crippen molar-refractivity contribution in [2.45, 2.75) is 4.90 Å². The molecule has 1 aromatic carbocycles. The number of carbonyl (C=O) groups is 1. The van der Waals surface area contributed by atoms with Crippen LogP contribution in [0.4, 0.5) is 0 Å². The highest BCUT2D eigenvalue weighted by atomic mass is 79.9. The molecule has 3 rings (SSSR count). The Morgan fingerprint density at radius 2 is 2.08 bits per heavy atom. The molecular weight excluding hydrogens is 404 g/mol. The molecule has 0 saturated carbocycles. The lowest BCUT2D eigenvalue weighted by Gasteiger charge is -2.08. The summed E-state index contributed by atoms with van der Waals surface area (Å²) in [4.78, 5) is 27.4. The first kappa shape index (κ1) is 16.5. The van der Waals surface area contributed by atoms with E-state index in [1.807, 2.05) is 4.83 Å². The molecule has 0 unspecified atom stereocenters. The van der Waals surface area contributed by atoms with Crippen LogP contribution in [0, 0.1) is 0 Å². The summed E-state index contributed by atoms with van der Waals surface area (Å²) < 4.78 is 31.5. The SMILES string of the molecule is Cn1cc(Br)cc1C(=O)NNS(=O)(=O)c1ccc2[nH]c(=O)oc2c1. The van der Waals surface area contributed by atoms with Crippen molar-refractivity contribution in [3.8, 4) is 0 Å². The summed E-state index contributed by atoms with van der Waals surface area (Å²) in [6.07, 6.45) is 1.66. The van der Waals surface area contributed by atoms with Crippen LogP contribution in [0.1, 0.15) is 10.5 Å². The van der Waals surface area contributed by atoms with E-state index in [4.69, 9.17) is 4.42 Å². The molecule has 1 amide bonds. The molecule has 0 bridgehead atoms. The maximum atomic E-state index is 12.2. The summed E-state index contributed by atoms with van der Waals surface area (Å²) in [7, 11) is -2.38. The predicted octanol–water partition coefficient (Wildman–Crippen LogP) is 0.845. The summed E-state index contributed by atoms with van der Waals surface area (Å²) in [6.45, 7) is 0. The van der Waals surface area contributed by atoms with Gasteiger partial charge in [0, 0.05) is 23.8 Å².